The minimum absolute atomic E-state index is 0.232. The quantitative estimate of drug-likeness (QED) is 0.345. The topological polar surface area (TPSA) is 100 Å². The lowest BCUT2D eigenvalue weighted by Gasteiger charge is -2.13. The van der Waals surface area contributed by atoms with E-state index in [-0.39, 0.29) is 12.1 Å². The van der Waals surface area contributed by atoms with Crippen molar-refractivity contribution in [3.8, 4) is 16.9 Å². The number of benzene rings is 3. The Hall–Kier alpha value is -4.17. The summed E-state index contributed by atoms with van der Waals surface area (Å²) in [6, 6.07) is 25.0. The second-order valence-corrected chi connectivity index (χ2v) is 8.94. The van der Waals surface area contributed by atoms with Gasteiger partial charge in [0.1, 0.15) is 18.1 Å². The molecule has 2 N–H and O–H groups in total. The molecule has 2 heterocycles. The minimum atomic E-state index is -0.599. The van der Waals surface area contributed by atoms with Gasteiger partial charge in [0.25, 0.3) is 5.56 Å². The van der Waals surface area contributed by atoms with Crippen LogP contribution in [-0.4, -0.2) is 27.6 Å². The Morgan fingerprint density at radius 2 is 1.71 bits per heavy atom. The van der Waals surface area contributed by atoms with Crippen LogP contribution in [0.3, 0.4) is 0 Å². The lowest BCUT2D eigenvalue weighted by atomic mass is 10.0. The molecule has 35 heavy (non-hydrogen) atoms. The zero-order valence-corrected chi connectivity index (χ0v) is 19.8. The predicted molar refractivity (Wildman–Crippen MR) is 138 cm³/mol. The highest BCUT2D eigenvalue weighted by Crippen LogP contribution is 2.34. The molecular weight excluding hydrogens is 460 g/mol. The van der Waals surface area contributed by atoms with Crippen molar-refractivity contribution in [3.63, 3.8) is 0 Å². The number of methoxy groups -OCH3 is 1. The first-order chi connectivity index (χ1) is 17.0. The van der Waals surface area contributed by atoms with Gasteiger partial charge in [-0.15, -0.1) is 0 Å². The van der Waals surface area contributed by atoms with Gasteiger partial charge in [0.2, 0.25) is 5.91 Å². The highest BCUT2D eigenvalue weighted by molar-refractivity contribution is 7.98. The van der Waals surface area contributed by atoms with E-state index in [0.29, 0.717) is 22.5 Å². The molecule has 1 amide bonds. The Morgan fingerprint density at radius 1 is 0.943 bits per heavy atom. The van der Waals surface area contributed by atoms with E-state index in [4.69, 9.17) is 15.5 Å². The molecule has 0 spiro atoms. The normalized spacial score (nSPS) is 11.1. The first-order valence-corrected chi connectivity index (χ1v) is 12.0. The minimum Gasteiger partial charge on any atom is -0.497 e. The molecule has 0 aliphatic carbocycles. The van der Waals surface area contributed by atoms with Crippen molar-refractivity contribution >= 4 is 39.5 Å². The summed E-state index contributed by atoms with van der Waals surface area (Å²) < 4.78 is 6.75. The van der Waals surface area contributed by atoms with Crippen molar-refractivity contribution in [1.29, 1.82) is 0 Å². The van der Waals surface area contributed by atoms with Crippen LogP contribution in [0.4, 0.5) is 0 Å². The van der Waals surface area contributed by atoms with E-state index in [1.807, 2.05) is 48.5 Å². The molecule has 2 aromatic heterocycles. The largest absolute Gasteiger partial charge is 0.497 e. The number of carbonyl (C=O) groups excluding carboxylic acids is 1. The van der Waals surface area contributed by atoms with Crippen LogP contribution >= 0.6 is 11.8 Å². The zero-order valence-electron chi connectivity index (χ0n) is 19.0. The van der Waals surface area contributed by atoms with E-state index >= 15 is 0 Å². The van der Waals surface area contributed by atoms with Crippen LogP contribution in [-0.2, 0) is 17.1 Å². The Balaban J connectivity index is 1.58. The molecule has 0 radical (unpaired) electrons. The molecule has 5 rings (SSSR count). The number of carbonyl (C=O) groups is 1. The zero-order chi connectivity index (χ0) is 24.4. The van der Waals surface area contributed by atoms with Crippen molar-refractivity contribution in [3.05, 3.63) is 95.0 Å². The third-order valence-electron chi connectivity index (χ3n) is 5.68. The van der Waals surface area contributed by atoms with Gasteiger partial charge in [0, 0.05) is 11.5 Å². The van der Waals surface area contributed by atoms with Crippen LogP contribution in [0.5, 0.6) is 5.75 Å². The Kier molecular flexibility index (Phi) is 6.20. The van der Waals surface area contributed by atoms with Crippen LogP contribution < -0.4 is 16.0 Å². The Bertz CT molecular complexity index is 1620. The molecular formula is C27H22N4O3S. The Morgan fingerprint density at radius 3 is 2.49 bits per heavy atom. The number of pyridine rings is 1. The van der Waals surface area contributed by atoms with E-state index in [1.54, 1.807) is 25.3 Å². The molecule has 0 saturated heterocycles. The van der Waals surface area contributed by atoms with E-state index in [1.165, 1.54) is 16.3 Å². The second-order valence-electron chi connectivity index (χ2n) is 7.95. The fourth-order valence-electron chi connectivity index (χ4n) is 4.02. The third-order valence-corrected chi connectivity index (χ3v) is 6.59. The number of ether oxygens (including phenoxy) is 1. The standard InChI is InChI=1S/C27H22N4O3S/c1-34-18-11-12-19-21(17-7-3-2-4-8-17)14-26(30-23(19)13-18)35-16-25-29-22-10-6-5-9-20(22)27(33)31(25)15-24(28)32/h2-14H,15-16H2,1H3,(H2,28,32). The van der Waals surface area contributed by atoms with E-state index in [9.17, 15) is 9.59 Å². The van der Waals surface area contributed by atoms with Gasteiger partial charge in [0.15, 0.2) is 0 Å². The fraction of sp³-hybridized carbons (Fsp3) is 0.111. The molecule has 0 bridgehead atoms. The summed E-state index contributed by atoms with van der Waals surface area (Å²) >= 11 is 1.44. The van der Waals surface area contributed by atoms with Crippen molar-refractivity contribution in [2.45, 2.75) is 17.3 Å². The molecule has 8 heteroatoms. The van der Waals surface area contributed by atoms with Crippen molar-refractivity contribution in [2.24, 2.45) is 5.73 Å². The first-order valence-electron chi connectivity index (χ1n) is 11.0. The van der Waals surface area contributed by atoms with Gasteiger partial charge in [-0.3, -0.25) is 14.2 Å². The second kappa shape index (κ2) is 9.60. The summed E-state index contributed by atoms with van der Waals surface area (Å²) in [5.41, 5.74) is 8.64. The van der Waals surface area contributed by atoms with Crippen molar-refractivity contribution in [2.75, 3.05) is 7.11 Å². The monoisotopic (exact) mass is 482 g/mol. The molecule has 0 aliphatic rings. The van der Waals surface area contributed by atoms with Crippen LogP contribution in [0.25, 0.3) is 32.9 Å². The van der Waals surface area contributed by atoms with Gasteiger partial charge in [0.05, 0.1) is 34.3 Å². The van der Waals surface area contributed by atoms with Crippen LogP contribution in [0.15, 0.2) is 88.7 Å². The summed E-state index contributed by atoms with van der Waals surface area (Å²) in [5, 5.41) is 2.22. The number of hydrogen-bond donors (Lipinski definition) is 1. The number of nitrogens with zero attached hydrogens (tertiary/aromatic N) is 3. The highest BCUT2D eigenvalue weighted by Gasteiger charge is 2.15. The average molecular weight is 483 g/mol. The van der Waals surface area contributed by atoms with Gasteiger partial charge in [-0.2, -0.15) is 0 Å². The number of amides is 1. The predicted octanol–water partition coefficient (Wildman–Crippen LogP) is 4.40. The van der Waals surface area contributed by atoms with Crippen LogP contribution in [0.1, 0.15) is 5.82 Å². The van der Waals surface area contributed by atoms with E-state index in [2.05, 4.69) is 17.1 Å². The van der Waals surface area contributed by atoms with Crippen molar-refractivity contribution in [1.82, 2.24) is 14.5 Å². The number of thioether (sulfide) groups is 1. The number of nitrogens with two attached hydrogens (primary N) is 1. The molecule has 7 nitrogen and oxygen atoms in total. The molecule has 5 aromatic rings. The van der Waals surface area contributed by atoms with E-state index < -0.39 is 5.91 Å². The number of aromatic nitrogens is 3. The molecule has 0 saturated carbocycles. The average Bonchev–Trinajstić information content (AvgIpc) is 2.88. The van der Waals surface area contributed by atoms with Gasteiger partial charge in [-0.05, 0) is 41.5 Å². The number of rotatable bonds is 7. The van der Waals surface area contributed by atoms with Gasteiger partial charge in [-0.1, -0.05) is 54.2 Å². The number of para-hydroxylation sites is 1. The van der Waals surface area contributed by atoms with Crippen LogP contribution in [0.2, 0.25) is 0 Å². The lowest BCUT2D eigenvalue weighted by Crippen LogP contribution is -2.31. The maximum absolute atomic E-state index is 13.1. The molecule has 174 valence electrons. The Labute approximate surface area is 205 Å². The van der Waals surface area contributed by atoms with Gasteiger partial charge >= 0.3 is 0 Å². The van der Waals surface area contributed by atoms with E-state index in [0.717, 1.165) is 32.8 Å². The summed E-state index contributed by atoms with van der Waals surface area (Å²) in [7, 11) is 1.63. The van der Waals surface area contributed by atoms with Gasteiger partial charge in [-0.25, -0.2) is 9.97 Å². The third kappa shape index (κ3) is 4.61. The smallest absolute Gasteiger partial charge is 0.261 e. The first kappa shape index (κ1) is 22.6. The highest BCUT2D eigenvalue weighted by atomic mass is 32.2. The molecule has 0 unspecified atom stereocenters. The summed E-state index contributed by atoms with van der Waals surface area (Å²) in [6.45, 7) is -0.232. The number of primary amides is 1. The summed E-state index contributed by atoms with van der Waals surface area (Å²) in [5.74, 6) is 0.922. The summed E-state index contributed by atoms with van der Waals surface area (Å²) in [6.07, 6.45) is 0. The van der Waals surface area contributed by atoms with Gasteiger partial charge < -0.3 is 10.5 Å². The maximum atomic E-state index is 13.1. The molecule has 3 aromatic carbocycles. The van der Waals surface area contributed by atoms with Crippen LogP contribution in [0, 0.1) is 0 Å². The lowest BCUT2D eigenvalue weighted by molar-refractivity contribution is -0.118. The molecule has 0 fully saturated rings. The maximum Gasteiger partial charge on any atom is 0.261 e. The fourth-order valence-corrected chi connectivity index (χ4v) is 4.88. The molecule has 0 aliphatic heterocycles. The van der Waals surface area contributed by atoms with Crippen molar-refractivity contribution < 1.29 is 9.53 Å². The molecule has 0 atom stereocenters. The number of hydrogen-bond acceptors (Lipinski definition) is 6. The number of fused-ring (bicyclic) bond motifs is 2. The SMILES string of the molecule is COc1ccc2c(-c3ccccc3)cc(SCc3nc4ccccc4c(=O)n3CC(N)=O)nc2c1. The summed E-state index contributed by atoms with van der Waals surface area (Å²) in [4.78, 5) is 34.3.